The van der Waals surface area contributed by atoms with Crippen LogP contribution in [0.2, 0.25) is 0 Å². The van der Waals surface area contributed by atoms with E-state index in [1.807, 2.05) is 12.1 Å². The van der Waals surface area contributed by atoms with Crippen molar-refractivity contribution in [1.82, 2.24) is 0 Å². The molecule has 0 heterocycles. The Balaban J connectivity index is 2.17. The van der Waals surface area contributed by atoms with E-state index < -0.39 is 0 Å². The fourth-order valence-electron chi connectivity index (χ4n) is 2.06. The van der Waals surface area contributed by atoms with Gasteiger partial charge in [-0.3, -0.25) is 0 Å². The van der Waals surface area contributed by atoms with Crippen LogP contribution in [0.3, 0.4) is 0 Å². The van der Waals surface area contributed by atoms with Crippen LogP contribution in [0.15, 0.2) is 24.3 Å². The smallest absolute Gasteiger partial charge is 0.123 e. The fourth-order valence-corrected chi connectivity index (χ4v) is 2.06. The number of nitrogens with two attached hydrogens (primary N) is 1. The highest BCUT2D eigenvalue weighted by atomic mass is 19.1. The quantitative estimate of drug-likeness (QED) is 0.767. The summed E-state index contributed by atoms with van der Waals surface area (Å²) in [4.78, 5) is 0. The van der Waals surface area contributed by atoms with Crippen molar-refractivity contribution in [2.24, 2.45) is 11.7 Å². The summed E-state index contributed by atoms with van der Waals surface area (Å²) in [6, 6.07) is 6.71. The lowest BCUT2D eigenvalue weighted by Crippen LogP contribution is -2.30. The third kappa shape index (κ3) is 1.44. The van der Waals surface area contributed by atoms with Crippen LogP contribution in [0.5, 0.6) is 0 Å². The summed E-state index contributed by atoms with van der Waals surface area (Å²) in [6.07, 6.45) is 1.02. The van der Waals surface area contributed by atoms with Crippen LogP contribution in [-0.2, 0) is 0 Å². The van der Waals surface area contributed by atoms with Gasteiger partial charge in [0.15, 0.2) is 0 Å². The van der Waals surface area contributed by atoms with Crippen LogP contribution >= 0.6 is 0 Å². The Hall–Kier alpha value is -0.890. The predicted molar refractivity (Wildman–Crippen MR) is 55.5 cm³/mol. The van der Waals surface area contributed by atoms with Crippen molar-refractivity contribution < 1.29 is 4.39 Å². The lowest BCUT2D eigenvalue weighted by molar-refractivity contribution is 0.464. The van der Waals surface area contributed by atoms with Gasteiger partial charge in [0.2, 0.25) is 0 Å². The first kappa shape index (κ1) is 9.66. The molecule has 1 aliphatic rings. The monoisotopic (exact) mass is 193 g/mol. The summed E-state index contributed by atoms with van der Waals surface area (Å²) in [5.41, 5.74) is 7.32. The van der Waals surface area contributed by atoms with Crippen molar-refractivity contribution in [3.8, 4) is 0 Å². The van der Waals surface area contributed by atoms with Gasteiger partial charge in [-0.25, -0.2) is 4.39 Å². The Morgan fingerprint density at radius 1 is 1.36 bits per heavy atom. The van der Waals surface area contributed by atoms with Gasteiger partial charge in [0.25, 0.3) is 0 Å². The molecule has 0 aromatic heterocycles. The first-order chi connectivity index (χ1) is 6.54. The number of halogens is 1. The van der Waals surface area contributed by atoms with E-state index in [0.717, 1.165) is 6.42 Å². The molecule has 1 aromatic carbocycles. The van der Waals surface area contributed by atoms with Gasteiger partial charge in [-0.2, -0.15) is 0 Å². The van der Waals surface area contributed by atoms with Crippen molar-refractivity contribution in [2.45, 2.75) is 31.7 Å². The average Bonchev–Trinajstić information content (AvgIpc) is 2.81. The molecule has 2 N–H and O–H groups in total. The molecule has 0 spiro atoms. The van der Waals surface area contributed by atoms with Crippen LogP contribution in [0.25, 0.3) is 0 Å². The van der Waals surface area contributed by atoms with Gasteiger partial charge in [-0.15, -0.1) is 0 Å². The molecule has 0 amide bonds. The van der Waals surface area contributed by atoms with E-state index in [1.54, 1.807) is 0 Å². The lowest BCUT2D eigenvalue weighted by Gasteiger charge is -2.15. The Morgan fingerprint density at radius 2 is 1.93 bits per heavy atom. The van der Waals surface area contributed by atoms with Gasteiger partial charge < -0.3 is 5.73 Å². The molecular formula is C12H16FN. The molecule has 1 nitrogen and oxygen atoms in total. The van der Waals surface area contributed by atoms with Gasteiger partial charge in [-0.05, 0) is 30.0 Å². The summed E-state index contributed by atoms with van der Waals surface area (Å²) in [5.74, 6) is 0.724. The zero-order chi connectivity index (χ0) is 10.3. The molecule has 2 unspecified atom stereocenters. The Morgan fingerprint density at radius 3 is 2.36 bits per heavy atom. The molecule has 14 heavy (non-hydrogen) atoms. The minimum absolute atomic E-state index is 0.0577. The number of rotatable bonds is 2. The zero-order valence-electron chi connectivity index (χ0n) is 8.63. The predicted octanol–water partition coefficient (Wildman–Crippen LogP) is 2.67. The molecule has 76 valence electrons. The highest BCUT2D eigenvalue weighted by molar-refractivity contribution is 5.33. The van der Waals surface area contributed by atoms with E-state index in [9.17, 15) is 4.39 Å². The van der Waals surface area contributed by atoms with E-state index in [1.165, 1.54) is 17.7 Å². The molecule has 1 aromatic rings. The molecule has 0 saturated heterocycles. The molecule has 1 saturated carbocycles. The van der Waals surface area contributed by atoms with E-state index >= 15 is 0 Å². The molecular weight excluding hydrogens is 177 g/mol. The van der Waals surface area contributed by atoms with Crippen molar-refractivity contribution in [3.63, 3.8) is 0 Å². The minimum atomic E-state index is -0.179. The van der Waals surface area contributed by atoms with Crippen molar-refractivity contribution >= 4 is 0 Å². The maximum Gasteiger partial charge on any atom is 0.123 e. The van der Waals surface area contributed by atoms with E-state index in [-0.39, 0.29) is 11.4 Å². The Labute approximate surface area is 84.1 Å². The number of hydrogen-bond donors (Lipinski definition) is 1. The SMILES string of the molecule is CC(C)C1(N)CC1c1ccc(F)cc1. The second kappa shape index (κ2) is 3.06. The van der Waals surface area contributed by atoms with Crippen LogP contribution in [0.1, 0.15) is 31.7 Å². The normalized spacial score (nSPS) is 30.8. The second-order valence-electron chi connectivity index (χ2n) is 4.58. The lowest BCUT2D eigenvalue weighted by atomic mass is 9.97. The van der Waals surface area contributed by atoms with Gasteiger partial charge in [-0.1, -0.05) is 26.0 Å². The molecule has 2 heteroatoms. The first-order valence-electron chi connectivity index (χ1n) is 5.08. The molecule has 0 radical (unpaired) electrons. The summed E-state index contributed by atoms with van der Waals surface area (Å²) >= 11 is 0. The molecule has 2 atom stereocenters. The zero-order valence-corrected chi connectivity index (χ0v) is 8.63. The highest BCUT2D eigenvalue weighted by Crippen LogP contribution is 2.53. The van der Waals surface area contributed by atoms with E-state index in [2.05, 4.69) is 13.8 Å². The van der Waals surface area contributed by atoms with Crippen molar-refractivity contribution in [1.29, 1.82) is 0 Å². The summed E-state index contributed by atoms with van der Waals surface area (Å²) < 4.78 is 12.7. The third-order valence-corrected chi connectivity index (χ3v) is 3.39. The second-order valence-corrected chi connectivity index (χ2v) is 4.58. The first-order valence-corrected chi connectivity index (χ1v) is 5.08. The largest absolute Gasteiger partial charge is 0.324 e. The van der Waals surface area contributed by atoms with Crippen molar-refractivity contribution in [2.75, 3.05) is 0 Å². The van der Waals surface area contributed by atoms with Crippen molar-refractivity contribution in [3.05, 3.63) is 35.6 Å². The summed E-state index contributed by atoms with van der Waals surface area (Å²) in [6.45, 7) is 4.28. The van der Waals surface area contributed by atoms with Gasteiger partial charge >= 0.3 is 0 Å². The average molecular weight is 193 g/mol. The molecule has 1 aliphatic carbocycles. The van der Waals surface area contributed by atoms with Crippen LogP contribution in [0, 0.1) is 11.7 Å². The molecule has 0 aliphatic heterocycles. The van der Waals surface area contributed by atoms with Crippen LogP contribution < -0.4 is 5.73 Å². The van der Waals surface area contributed by atoms with E-state index in [0.29, 0.717) is 11.8 Å². The molecule has 1 fully saturated rings. The van der Waals surface area contributed by atoms with Gasteiger partial charge in [0.05, 0.1) is 0 Å². The van der Waals surface area contributed by atoms with Gasteiger partial charge in [0, 0.05) is 11.5 Å². The minimum Gasteiger partial charge on any atom is -0.324 e. The number of benzene rings is 1. The third-order valence-electron chi connectivity index (χ3n) is 3.39. The summed E-state index contributed by atoms with van der Waals surface area (Å²) in [5, 5.41) is 0. The molecule has 0 bridgehead atoms. The van der Waals surface area contributed by atoms with Crippen LogP contribution in [-0.4, -0.2) is 5.54 Å². The Bertz CT molecular complexity index is 331. The topological polar surface area (TPSA) is 26.0 Å². The van der Waals surface area contributed by atoms with Crippen LogP contribution in [0.4, 0.5) is 4.39 Å². The maximum absolute atomic E-state index is 12.7. The van der Waals surface area contributed by atoms with E-state index in [4.69, 9.17) is 5.73 Å². The fraction of sp³-hybridized carbons (Fsp3) is 0.500. The standard InChI is InChI=1S/C12H16FN/c1-8(2)12(14)7-11(12)9-3-5-10(13)6-4-9/h3-6,8,11H,7,14H2,1-2H3. The maximum atomic E-state index is 12.7. The Kier molecular flexibility index (Phi) is 2.11. The molecule has 2 rings (SSSR count). The highest BCUT2D eigenvalue weighted by Gasteiger charge is 2.53. The number of hydrogen-bond acceptors (Lipinski definition) is 1. The summed E-state index contributed by atoms with van der Waals surface area (Å²) in [7, 11) is 0. The van der Waals surface area contributed by atoms with Gasteiger partial charge in [0.1, 0.15) is 5.82 Å².